The first-order valence-electron chi connectivity index (χ1n) is 6.15. The van der Waals surface area contributed by atoms with Gasteiger partial charge in [0.05, 0.1) is 17.9 Å². The van der Waals surface area contributed by atoms with Crippen molar-refractivity contribution in [2.45, 2.75) is 13.5 Å². The third-order valence-corrected chi connectivity index (χ3v) is 3.11. The number of hydrogen-bond acceptors (Lipinski definition) is 4. The molecule has 2 heterocycles. The molecule has 3 rings (SSSR count). The maximum absolute atomic E-state index is 6.17. The van der Waals surface area contributed by atoms with Crippen LogP contribution in [-0.2, 0) is 6.54 Å². The zero-order valence-corrected chi connectivity index (χ0v) is 10.7. The molecule has 1 aromatic carbocycles. The standard InChI is InChI=1S/C15H15N3O/c1-10-2-4-12(19-10)9-18-14-5-3-11-8-17-7-6-13(11)15(14)16/h2-8,18H,9,16H2,1H3. The number of rotatable bonds is 3. The molecule has 0 atom stereocenters. The van der Waals surface area contributed by atoms with Gasteiger partial charge in [0.1, 0.15) is 11.5 Å². The van der Waals surface area contributed by atoms with Crippen LogP contribution in [0.5, 0.6) is 0 Å². The van der Waals surface area contributed by atoms with Crippen LogP contribution in [0.1, 0.15) is 11.5 Å². The second-order valence-electron chi connectivity index (χ2n) is 4.49. The van der Waals surface area contributed by atoms with E-state index < -0.39 is 0 Å². The molecule has 0 unspecified atom stereocenters. The highest BCUT2D eigenvalue weighted by molar-refractivity contribution is 5.98. The summed E-state index contributed by atoms with van der Waals surface area (Å²) in [7, 11) is 0. The van der Waals surface area contributed by atoms with E-state index >= 15 is 0 Å². The molecule has 96 valence electrons. The van der Waals surface area contributed by atoms with E-state index in [1.807, 2.05) is 43.5 Å². The Morgan fingerprint density at radius 2 is 2.11 bits per heavy atom. The van der Waals surface area contributed by atoms with Gasteiger partial charge in [-0.2, -0.15) is 0 Å². The number of nitrogens with zero attached hydrogens (tertiary/aromatic N) is 1. The number of aryl methyl sites for hydroxylation is 1. The van der Waals surface area contributed by atoms with Crippen molar-refractivity contribution in [3.8, 4) is 0 Å². The van der Waals surface area contributed by atoms with Crippen LogP contribution >= 0.6 is 0 Å². The van der Waals surface area contributed by atoms with Crippen LogP contribution in [0.4, 0.5) is 11.4 Å². The summed E-state index contributed by atoms with van der Waals surface area (Å²) in [6.45, 7) is 2.55. The number of nitrogens with one attached hydrogen (secondary N) is 1. The molecule has 0 saturated carbocycles. The van der Waals surface area contributed by atoms with Gasteiger partial charge in [-0.15, -0.1) is 0 Å². The Hall–Kier alpha value is -2.49. The van der Waals surface area contributed by atoms with Crippen LogP contribution in [0.25, 0.3) is 10.8 Å². The van der Waals surface area contributed by atoms with Crippen molar-refractivity contribution in [1.82, 2.24) is 4.98 Å². The van der Waals surface area contributed by atoms with E-state index in [9.17, 15) is 0 Å². The maximum Gasteiger partial charge on any atom is 0.123 e. The Morgan fingerprint density at radius 3 is 2.89 bits per heavy atom. The number of aromatic nitrogens is 1. The largest absolute Gasteiger partial charge is 0.465 e. The lowest BCUT2D eigenvalue weighted by Gasteiger charge is -2.10. The summed E-state index contributed by atoms with van der Waals surface area (Å²) in [6.07, 6.45) is 3.56. The predicted octanol–water partition coefficient (Wildman–Crippen LogP) is 3.33. The lowest BCUT2D eigenvalue weighted by molar-refractivity contribution is 0.490. The highest BCUT2D eigenvalue weighted by Crippen LogP contribution is 2.28. The summed E-state index contributed by atoms with van der Waals surface area (Å²) >= 11 is 0. The third-order valence-electron chi connectivity index (χ3n) is 3.11. The molecule has 3 N–H and O–H groups in total. The van der Waals surface area contributed by atoms with Crippen LogP contribution in [0.2, 0.25) is 0 Å². The molecule has 0 fully saturated rings. The van der Waals surface area contributed by atoms with E-state index in [1.165, 1.54) is 0 Å². The number of hydrogen-bond donors (Lipinski definition) is 2. The minimum absolute atomic E-state index is 0.620. The molecule has 0 spiro atoms. The number of nitrogens with two attached hydrogens (primary N) is 1. The van der Waals surface area contributed by atoms with Crippen molar-refractivity contribution >= 4 is 22.1 Å². The van der Waals surface area contributed by atoms with Gasteiger partial charge < -0.3 is 15.5 Å². The molecule has 0 saturated heterocycles. The van der Waals surface area contributed by atoms with Gasteiger partial charge in [0.25, 0.3) is 0 Å². The lowest BCUT2D eigenvalue weighted by Crippen LogP contribution is -2.02. The van der Waals surface area contributed by atoms with Gasteiger partial charge in [0, 0.05) is 23.2 Å². The Balaban J connectivity index is 1.87. The quantitative estimate of drug-likeness (QED) is 0.703. The van der Waals surface area contributed by atoms with Crippen LogP contribution in [0.15, 0.2) is 47.1 Å². The molecule has 4 nitrogen and oxygen atoms in total. The summed E-state index contributed by atoms with van der Waals surface area (Å²) in [5, 5.41) is 5.35. The van der Waals surface area contributed by atoms with E-state index in [0.717, 1.165) is 33.7 Å². The monoisotopic (exact) mass is 253 g/mol. The average Bonchev–Trinajstić information content (AvgIpc) is 2.84. The van der Waals surface area contributed by atoms with E-state index in [1.54, 1.807) is 6.20 Å². The summed E-state index contributed by atoms with van der Waals surface area (Å²) in [5.41, 5.74) is 7.82. The van der Waals surface area contributed by atoms with Gasteiger partial charge >= 0.3 is 0 Å². The first-order chi connectivity index (χ1) is 9.24. The van der Waals surface area contributed by atoms with Gasteiger partial charge in [-0.1, -0.05) is 6.07 Å². The molecule has 3 aromatic rings. The molecule has 0 amide bonds. The molecule has 0 radical (unpaired) electrons. The normalized spacial score (nSPS) is 10.8. The lowest BCUT2D eigenvalue weighted by atomic mass is 10.1. The van der Waals surface area contributed by atoms with Crippen molar-refractivity contribution in [2.24, 2.45) is 0 Å². The van der Waals surface area contributed by atoms with E-state index in [0.29, 0.717) is 6.54 Å². The minimum Gasteiger partial charge on any atom is -0.465 e. The number of anilines is 2. The van der Waals surface area contributed by atoms with Crippen LogP contribution in [-0.4, -0.2) is 4.98 Å². The Bertz CT molecular complexity index is 718. The fourth-order valence-corrected chi connectivity index (χ4v) is 2.11. The molecule has 19 heavy (non-hydrogen) atoms. The number of pyridine rings is 1. The first kappa shape index (κ1) is 11.6. The van der Waals surface area contributed by atoms with Crippen LogP contribution in [0, 0.1) is 6.92 Å². The summed E-state index contributed by atoms with van der Waals surface area (Å²) in [4.78, 5) is 4.09. The number of benzene rings is 1. The van der Waals surface area contributed by atoms with E-state index in [2.05, 4.69) is 10.3 Å². The number of furan rings is 1. The molecule has 0 bridgehead atoms. The molecule has 0 aliphatic carbocycles. The predicted molar refractivity (Wildman–Crippen MR) is 76.9 cm³/mol. The summed E-state index contributed by atoms with van der Waals surface area (Å²) in [6, 6.07) is 9.81. The van der Waals surface area contributed by atoms with Gasteiger partial charge in [0.15, 0.2) is 0 Å². The van der Waals surface area contributed by atoms with Crippen molar-refractivity contribution in [3.05, 3.63) is 54.2 Å². The van der Waals surface area contributed by atoms with Gasteiger partial charge in [0.2, 0.25) is 0 Å². The van der Waals surface area contributed by atoms with Crippen molar-refractivity contribution in [1.29, 1.82) is 0 Å². The smallest absolute Gasteiger partial charge is 0.123 e. The van der Waals surface area contributed by atoms with Crippen molar-refractivity contribution < 1.29 is 4.42 Å². The highest BCUT2D eigenvalue weighted by atomic mass is 16.3. The molecule has 0 aliphatic rings. The number of fused-ring (bicyclic) bond motifs is 1. The highest BCUT2D eigenvalue weighted by Gasteiger charge is 2.05. The second-order valence-corrected chi connectivity index (χ2v) is 4.49. The van der Waals surface area contributed by atoms with Gasteiger partial charge in [-0.05, 0) is 31.2 Å². The molecule has 0 aliphatic heterocycles. The minimum atomic E-state index is 0.620. The molecule has 2 aromatic heterocycles. The Morgan fingerprint density at radius 1 is 1.21 bits per heavy atom. The van der Waals surface area contributed by atoms with Crippen LogP contribution < -0.4 is 11.1 Å². The van der Waals surface area contributed by atoms with E-state index in [4.69, 9.17) is 10.2 Å². The molecule has 4 heteroatoms. The Kier molecular flexibility index (Phi) is 2.83. The SMILES string of the molecule is Cc1ccc(CNc2ccc3cnccc3c2N)o1. The van der Waals surface area contributed by atoms with Gasteiger partial charge in [-0.25, -0.2) is 0 Å². The van der Waals surface area contributed by atoms with E-state index in [-0.39, 0.29) is 0 Å². The third kappa shape index (κ3) is 2.25. The zero-order valence-electron chi connectivity index (χ0n) is 10.7. The summed E-state index contributed by atoms with van der Waals surface area (Å²) < 4.78 is 5.52. The zero-order chi connectivity index (χ0) is 13.2. The van der Waals surface area contributed by atoms with Gasteiger partial charge in [-0.3, -0.25) is 4.98 Å². The molecular weight excluding hydrogens is 238 g/mol. The van der Waals surface area contributed by atoms with Crippen molar-refractivity contribution in [2.75, 3.05) is 11.1 Å². The van der Waals surface area contributed by atoms with Crippen molar-refractivity contribution in [3.63, 3.8) is 0 Å². The topological polar surface area (TPSA) is 64.1 Å². The Labute approximate surface area is 111 Å². The fourth-order valence-electron chi connectivity index (χ4n) is 2.11. The molecular formula is C15H15N3O. The summed E-state index contributed by atoms with van der Waals surface area (Å²) in [5.74, 6) is 1.81. The average molecular weight is 253 g/mol. The first-order valence-corrected chi connectivity index (χ1v) is 6.15. The number of nitrogen functional groups attached to an aromatic ring is 1. The second kappa shape index (κ2) is 4.65. The van der Waals surface area contributed by atoms with Crippen LogP contribution in [0.3, 0.4) is 0 Å². The fraction of sp³-hybridized carbons (Fsp3) is 0.133. The maximum atomic E-state index is 6.17.